The third-order valence-corrected chi connectivity index (χ3v) is 5.48. The van der Waals surface area contributed by atoms with Crippen LogP contribution >= 0.6 is 0 Å². The quantitative estimate of drug-likeness (QED) is 0.330. The minimum Gasteiger partial charge on any atom is -0.475 e. The molecule has 9 nitrogen and oxygen atoms in total. The zero-order valence-electron chi connectivity index (χ0n) is 18.3. The first-order valence-corrected chi connectivity index (χ1v) is 10.6. The summed E-state index contributed by atoms with van der Waals surface area (Å²) in [5.74, 6) is 0.494. The summed E-state index contributed by atoms with van der Waals surface area (Å²) >= 11 is 0. The van der Waals surface area contributed by atoms with Gasteiger partial charge in [-0.25, -0.2) is 9.78 Å². The van der Waals surface area contributed by atoms with Gasteiger partial charge in [0.2, 0.25) is 11.4 Å². The molecule has 0 radical (unpaired) electrons. The van der Waals surface area contributed by atoms with Crippen molar-refractivity contribution in [2.24, 2.45) is 0 Å². The van der Waals surface area contributed by atoms with Crippen LogP contribution in [-0.4, -0.2) is 47.0 Å². The summed E-state index contributed by atoms with van der Waals surface area (Å²) in [4.78, 5) is 40.9. The van der Waals surface area contributed by atoms with Crippen molar-refractivity contribution in [3.63, 3.8) is 0 Å². The van der Waals surface area contributed by atoms with E-state index in [2.05, 4.69) is 4.98 Å². The number of aryl methyl sites for hydroxylation is 1. The van der Waals surface area contributed by atoms with E-state index in [0.29, 0.717) is 44.5 Å². The fourth-order valence-electron chi connectivity index (χ4n) is 3.73. The van der Waals surface area contributed by atoms with E-state index in [0.717, 1.165) is 5.56 Å². The van der Waals surface area contributed by atoms with Gasteiger partial charge in [0.1, 0.15) is 11.5 Å². The number of nitro groups is 1. The van der Waals surface area contributed by atoms with Crippen LogP contribution in [0, 0.1) is 10.1 Å². The molecule has 170 valence electrons. The largest absolute Gasteiger partial charge is 0.475 e. The van der Waals surface area contributed by atoms with Crippen LogP contribution in [0.25, 0.3) is 0 Å². The highest BCUT2D eigenvalue weighted by molar-refractivity contribution is 5.81. The van der Waals surface area contributed by atoms with Crippen molar-refractivity contribution in [2.75, 3.05) is 24.6 Å². The Hall–Kier alpha value is -3.49. The highest BCUT2D eigenvalue weighted by atomic mass is 16.6. The topological polar surface area (TPSA) is 112 Å². The van der Waals surface area contributed by atoms with Crippen molar-refractivity contribution in [3.8, 4) is 5.75 Å². The third-order valence-electron chi connectivity index (χ3n) is 5.48. The minimum atomic E-state index is -1.18. The number of benzene rings is 1. The predicted octanol–water partition coefficient (Wildman–Crippen LogP) is 3.49. The third kappa shape index (κ3) is 5.40. The first kappa shape index (κ1) is 23.2. The lowest BCUT2D eigenvalue weighted by atomic mass is 9.90. The van der Waals surface area contributed by atoms with E-state index >= 15 is 0 Å². The van der Waals surface area contributed by atoms with E-state index in [1.54, 1.807) is 30.9 Å². The normalized spacial score (nSPS) is 15.1. The molecular weight excluding hydrogens is 414 g/mol. The molecule has 1 aromatic heterocycles. The maximum atomic E-state index is 12.9. The molecule has 1 aliphatic rings. The van der Waals surface area contributed by atoms with Gasteiger partial charge >= 0.3 is 11.7 Å². The molecule has 9 heteroatoms. The predicted molar refractivity (Wildman–Crippen MR) is 118 cm³/mol. The van der Waals surface area contributed by atoms with E-state index in [4.69, 9.17) is 9.47 Å². The van der Waals surface area contributed by atoms with Gasteiger partial charge in [-0.3, -0.25) is 10.1 Å². The monoisotopic (exact) mass is 441 g/mol. The molecule has 1 aliphatic heterocycles. The number of nitrogens with zero attached hydrogens (tertiary/aromatic N) is 3. The Labute approximate surface area is 186 Å². The van der Waals surface area contributed by atoms with Gasteiger partial charge in [-0.1, -0.05) is 12.1 Å². The number of ketones is 1. The van der Waals surface area contributed by atoms with Crippen molar-refractivity contribution in [1.29, 1.82) is 0 Å². The molecule has 1 aromatic carbocycles. The number of esters is 1. The Balaban J connectivity index is 1.76. The van der Waals surface area contributed by atoms with Crippen LogP contribution in [0.1, 0.15) is 38.7 Å². The molecule has 3 rings (SSSR count). The van der Waals surface area contributed by atoms with Crippen molar-refractivity contribution >= 4 is 23.3 Å². The van der Waals surface area contributed by atoms with Crippen LogP contribution in [0.2, 0.25) is 0 Å². The number of anilines is 1. The van der Waals surface area contributed by atoms with Crippen LogP contribution < -0.4 is 9.64 Å². The number of pyridine rings is 1. The molecule has 0 aliphatic carbocycles. The molecule has 1 fully saturated rings. The Kier molecular flexibility index (Phi) is 7.40. The average molecular weight is 441 g/mol. The van der Waals surface area contributed by atoms with E-state index < -0.39 is 16.5 Å². The van der Waals surface area contributed by atoms with Crippen LogP contribution in [0.3, 0.4) is 0 Å². The van der Waals surface area contributed by atoms with Crippen LogP contribution in [0.5, 0.6) is 5.75 Å². The number of aromatic nitrogens is 1. The van der Waals surface area contributed by atoms with Crippen LogP contribution in [0.4, 0.5) is 11.5 Å². The summed E-state index contributed by atoms with van der Waals surface area (Å²) in [6.45, 7) is 4.23. The van der Waals surface area contributed by atoms with E-state index in [1.807, 2.05) is 12.1 Å². The van der Waals surface area contributed by atoms with Gasteiger partial charge in [0.05, 0.1) is 11.5 Å². The number of hydrogen-bond acceptors (Lipinski definition) is 8. The van der Waals surface area contributed by atoms with E-state index in [9.17, 15) is 19.7 Å². The van der Waals surface area contributed by atoms with E-state index in [1.165, 1.54) is 18.3 Å². The number of carbonyl (C=O) groups excluding carboxylic acids is 2. The summed E-state index contributed by atoms with van der Waals surface area (Å²) in [5.41, 5.74) is -0.245. The number of piperidine rings is 1. The molecule has 0 atom stereocenters. The Bertz CT molecular complexity index is 968. The first-order valence-electron chi connectivity index (χ1n) is 10.6. The Morgan fingerprint density at radius 1 is 1.19 bits per heavy atom. The maximum absolute atomic E-state index is 12.9. The lowest BCUT2D eigenvalue weighted by Gasteiger charge is -2.40. The molecule has 0 amide bonds. The first-order chi connectivity index (χ1) is 15.3. The number of rotatable bonds is 9. The van der Waals surface area contributed by atoms with Crippen LogP contribution in [0.15, 0.2) is 42.6 Å². The fraction of sp³-hybridized carbons (Fsp3) is 0.435. The van der Waals surface area contributed by atoms with Gasteiger partial charge in [0.15, 0.2) is 0 Å². The molecule has 2 heterocycles. The van der Waals surface area contributed by atoms with Crippen molar-refractivity contribution in [3.05, 3.63) is 58.3 Å². The smallest absolute Gasteiger partial charge is 0.350 e. The Morgan fingerprint density at radius 3 is 2.47 bits per heavy atom. The fourth-order valence-corrected chi connectivity index (χ4v) is 3.73. The van der Waals surface area contributed by atoms with Gasteiger partial charge < -0.3 is 19.2 Å². The maximum Gasteiger partial charge on any atom is 0.350 e. The Morgan fingerprint density at radius 2 is 1.88 bits per heavy atom. The van der Waals surface area contributed by atoms with Crippen LogP contribution in [-0.2, 0) is 20.7 Å². The van der Waals surface area contributed by atoms with Gasteiger partial charge in [-0.05, 0) is 44.0 Å². The SMILES string of the molecule is CCOC(=O)C1(Oc2ccc(CCC(C)=O)cc2)CCN(c2ncccc2[N+](=O)[O-])CC1. The highest BCUT2D eigenvalue weighted by Gasteiger charge is 2.46. The van der Waals surface area contributed by atoms with Crippen molar-refractivity contribution in [2.45, 2.75) is 45.1 Å². The summed E-state index contributed by atoms with van der Waals surface area (Å²) in [7, 11) is 0. The zero-order chi connectivity index (χ0) is 23.1. The molecule has 0 unspecified atom stereocenters. The number of carbonyl (C=O) groups is 2. The van der Waals surface area contributed by atoms with Gasteiger partial charge in [-0.15, -0.1) is 0 Å². The summed E-state index contributed by atoms with van der Waals surface area (Å²) < 4.78 is 11.5. The second kappa shape index (κ2) is 10.2. The molecule has 0 spiro atoms. The average Bonchev–Trinajstić information content (AvgIpc) is 2.79. The van der Waals surface area contributed by atoms with Crippen molar-refractivity contribution < 1.29 is 24.0 Å². The summed E-state index contributed by atoms with van der Waals surface area (Å²) in [5, 5.41) is 11.4. The standard InChI is InChI=1S/C23H27N3O6/c1-3-31-22(28)23(32-19-10-8-18(9-11-19)7-6-17(2)27)12-15-25(16-13-23)21-20(26(29)30)5-4-14-24-21/h4-5,8-11,14H,3,6-7,12-13,15-16H2,1-2H3. The molecule has 0 N–H and O–H groups in total. The van der Waals surface area contributed by atoms with E-state index in [-0.39, 0.29) is 23.9 Å². The molecule has 0 bridgehead atoms. The molecular formula is C23H27N3O6. The number of ether oxygens (including phenoxy) is 2. The molecule has 2 aromatic rings. The molecule has 1 saturated heterocycles. The lowest BCUT2D eigenvalue weighted by molar-refractivity contribution is -0.384. The van der Waals surface area contributed by atoms with Gasteiger partial charge in [0, 0.05) is 44.6 Å². The number of hydrogen-bond donors (Lipinski definition) is 0. The molecule has 0 saturated carbocycles. The zero-order valence-corrected chi connectivity index (χ0v) is 18.3. The van der Waals surface area contributed by atoms with Gasteiger partial charge in [-0.2, -0.15) is 0 Å². The summed E-state index contributed by atoms with van der Waals surface area (Å²) in [6, 6.07) is 10.3. The van der Waals surface area contributed by atoms with Crippen molar-refractivity contribution in [1.82, 2.24) is 4.98 Å². The minimum absolute atomic E-state index is 0.0711. The highest BCUT2D eigenvalue weighted by Crippen LogP contribution is 2.34. The second-order valence-corrected chi connectivity index (χ2v) is 7.75. The summed E-state index contributed by atoms with van der Waals surface area (Å²) in [6.07, 6.45) is 3.23. The lowest BCUT2D eigenvalue weighted by Crippen LogP contribution is -2.54. The molecule has 32 heavy (non-hydrogen) atoms. The van der Waals surface area contributed by atoms with Gasteiger partial charge in [0.25, 0.3) is 0 Å². The number of Topliss-reactive ketones (excluding diaryl/α,β-unsaturated/α-hetero) is 1. The second-order valence-electron chi connectivity index (χ2n) is 7.75.